The van der Waals surface area contributed by atoms with Crippen LogP contribution in [0.25, 0.3) is 11.3 Å². The molecular formula is C22H21ClN4O4S. The predicted octanol–water partition coefficient (Wildman–Crippen LogP) is 3.29. The van der Waals surface area contributed by atoms with E-state index in [0.29, 0.717) is 24.8 Å². The first-order chi connectivity index (χ1) is 15.3. The molecule has 2 heterocycles. The van der Waals surface area contributed by atoms with Gasteiger partial charge >= 0.3 is 0 Å². The maximum Gasteiger partial charge on any atom is 0.257 e. The molecule has 0 atom stereocenters. The van der Waals surface area contributed by atoms with E-state index in [1.165, 1.54) is 18.2 Å². The van der Waals surface area contributed by atoms with Gasteiger partial charge in [-0.1, -0.05) is 23.7 Å². The van der Waals surface area contributed by atoms with Crippen molar-refractivity contribution in [3.8, 4) is 11.3 Å². The lowest BCUT2D eigenvalue weighted by atomic mass is 10.1. The van der Waals surface area contributed by atoms with Crippen LogP contribution in [0.5, 0.6) is 0 Å². The number of anilines is 2. The van der Waals surface area contributed by atoms with Gasteiger partial charge in [-0.05, 0) is 36.4 Å². The van der Waals surface area contributed by atoms with Crippen molar-refractivity contribution in [2.45, 2.75) is 4.90 Å². The van der Waals surface area contributed by atoms with Gasteiger partial charge in [0.15, 0.2) is 9.84 Å². The maximum absolute atomic E-state index is 12.6. The summed E-state index contributed by atoms with van der Waals surface area (Å²) in [5.74, 6) is 0.231. The zero-order chi connectivity index (χ0) is 22.7. The summed E-state index contributed by atoms with van der Waals surface area (Å²) in [6.07, 6.45) is 2.81. The predicted molar refractivity (Wildman–Crippen MR) is 123 cm³/mol. The van der Waals surface area contributed by atoms with Crippen LogP contribution in [0, 0.1) is 0 Å². The van der Waals surface area contributed by atoms with E-state index in [0.717, 1.165) is 30.6 Å². The molecule has 3 aromatic rings. The van der Waals surface area contributed by atoms with Crippen LogP contribution < -0.4 is 10.2 Å². The van der Waals surface area contributed by atoms with Crippen LogP contribution in [0.4, 0.5) is 11.6 Å². The standard InChI is InChI=1S/C22H21ClN4O4S/c1-32(29,30)17-6-7-18(19(23)14-17)21(28)25-16-4-2-15(3-5-16)20-8-9-24-22(26-20)27-10-12-31-13-11-27/h2-9,14H,10-13H2,1H3,(H,25,28). The molecule has 1 saturated heterocycles. The van der Waals surface area contributed by atoms with Crippen LogP contribution in [0.15, 0.2) is 59.6 Å². The zero-order valence-corrected chi connectivity index (χ0v) is 18.9. The summed E-state index contributed by atoms with van der Waals surface area (Å²) in [6.45, 7) is 2.82. The normalized spacial score (nSPS) is 14.2. The molecular weight excluding hydrogens is 452 g/mol. The van der Waals surface area contributed by atoms with Crippen LogP contribution in [-0.2, 0) is 14.6 Å². The molecule has 0 radical (unpaired) electrons. The van der Waals surface area contributed by atoms with E-state index >= 15 is 0 Å². The number of carbonyl (C=O) groups excluding carboxylic acids is 1. The number of nitrogens with zero attached hydrogens (tertiary/aromatic N) is 3. The molecule has 32 heavy (non-hydrogen) atoms. The fourth-order valence-electron chi connectivity index (χ4n) is 3.26. The molecule has 0 bridgehead atoms. The summed E-state index contributed by atoms with van der Waals surface area (Å²) >= 11 is 6.13. The third-order valence-corrected chi connectivity index (χ3v) is 6.41. The highest BCUT2D eigenvalue weighted by Gasteiger charge is 2.16. The summed E-state index contributed by atoms with van der Waals surface area (Å²) in [5, 5.41) is 2.84. The Labute approximate surface area is 191 Å². The second-order valence-corrected chi connectivity index (χ2v) is 9.71. The summed E-state index contributed by atoms with van der Waals surface area (Å²) < 4.78 is 28.7. The second kappa shape index (κ2) is 9.23. The van der Waals surface area contributed by atoms with Crippen LogP contribution in [-0.4, -0.2) is 56.9 Å². The molecule has 1 fully saturated rings. The van der Waals surface area contributed by atoms with E-state index in [9.17, 15) is 13.2 Å². The fourth-order valence-corrected chi connectivity index (χ4v) is 4.24. The molecule has 8 nitrogen and oxygen atoms in total. The Morgan fingerprint density at radius 2 is 1.81 bits per heavy atom. The molecule has 4 rings (SSSR count). The van der Waals surface area contributed by atoms with E-state index in [2.05, 4.69) is 20.2 Å². The van der Waals surface area contributed by atoms with Crippen LogP contribution in [0.2, 0.25) is 5.02 Å². The molecule has 1 aliphatic rings. The number of benzene rings is 2. The number of halogens is 1. The van der Waals surface area contributed by atoms with Gasteiger partial charge < -0.3 is 15.0 Å². The van der Waals surface area contributed by atoms with Gasteiger partial charge in [-0.2, -0.15) is 0 Å². The van der Waals surface area contributed by atoms with E-state index < -0.39 is 15.7 Å². The number of ether oxygens (including phenoxy) is 1. The van der Waals surface area contributed by atoms with Crippen LogP contribution >= 0.6 is 11.6 Å². The van der Waals surface area contributed by atoms with Crippen molar-refractivity contribution in [1.29, 1.82) is 0 Å². The molecule has 1 aliphatic heterocycles. The third-order valence-electron chi connectivity index (χ3n) is 4.99. The highest BCUT2D eigenvalue weighted by Crippen LogP contribution is 2.24. The van der Waals surface area contributed by atoms with Gasteiger partial charge in [-0.25, -0.2) is 18.4 Å². The average molecular weight is 473 g/mol. The summed E-state index contributed by atoms with van der Waals surface area (Å²) in [6, 6.07) is 13.1. The largest absolute Gasteiger partial charge is 0.378 e. The minimum absolute atomic E-state index is 0.0599. The molecule has 1 N–H and O–H groups in total. The van der Waals surface area contributed by atoms with Crippen molar-refractivity contribution in [3.63, 3.8) is 0 Å². The van der Waals surface area contributed by atoms with Gasteiger partial charge in [0.2, 0.25) is 5.95 Å². The van der Waals surface area contributed by atoms with Crippen LogP contribution in [0.3, 0.4) is 0 Å². The van der Waals surface area contributed by atoms with Crippen molar-refractivity contribution in [2.24, 2.45) is 0 Å². The smallest absolute Gasteiger partial charge is 0.257 e. The Balaban J connectivity index is 1.48. The number of rotatable bonds is 5. The molecule has 0 aliphatic carbocycles. The van der Waals surface area contributed by atoms with E-state index in [1.54, 1.807) is 18.3 Å². The molecule has 1 aromatic heterocycles. The molecule has 0 spiro atoms. The van der Waals surface area contributed by atoms with E-state index in [4.69, 9.17) is 16.3 Å². The SMILES string of the molecule is CS(=O)(=O)c1ccc(C(=O)Nc2ccc(-c3ccnc(N4CCOCC4)n3)cc2)c(Cl)c1. The number of amides is 1. The quantitative estimate of drug-likeness (QED) is 0.607. The average Bonchev–Trinajstić information content (AvgIpc) is 2.79. The fraction of sp³-hybridized carbons (Fsp3) is 0.227. The number of hydrogen-bond donors (Lipinski definition) is 1. The molecule has 166 valence electrons. The topological polar surface area (TPSA) is 101 Å². The van der Waals surface area contributed by atoms with E-state index in [-0.39, 0.29) is 15.5 Å². The number of hydrogen-bond acceptors (Lipinski definition) is 7. The number of nitrogens with one attached hydrogen (secondary N) is 1. The Hall–Kier alpha value is -3.01. The van der Waals surface area contributed by atoms with E-state index in [1.807, 2.05) is 18.2 Å². The van der Waals surface area contributed by atoms with Crippen molar-refractivity contribution in [2.75, 3.05) is 42.8 Å². The Morgan fingerprint density at radius 3 is 2.47 bits per heavy atom. The van der Waals surface area contributed by atoms with Crippen molar-refractivity contribution < 1.29 is 17.9 Å². The number of aromatic nitrogens is 2. The maximum atomic E-state index is 12.6. The summed E-state index contributed by atoms with van der Waals surface area (Å²) in [7, 11) is -3.40. The molecule has 2 aromatic carbocycles. The highest BCUT2D eigenvalue weighted by atomic mass is 35.5. The van der Waals surface area contributed by atoms with Gasteiger partial charge in [0.05, 0.1) is 34.4 Å². The lowest BCUT2D eigenvalue weighted by Gasteiger charge is -2.26. The van der Waals surface area contributed by atoms with Crippen molar-refractivity contribution in [1.82, 2.24) is 9.97 Å². The van der Waals surface area contributed by atoms with Gasteiger partial charge in [0.25, 0.3) is 5.91 Å². The first-order valence-electron chi connectivity index (χ1n) is 9.88. The van der Waals surface area contributed by atoms with Gasteiger partial charge in [0.1, 0.15) is 0 Å². The van der Waals surface area contributed by atoms with Gasteiger partial charge in [0, 0.05) is 36.8 Å². The third kappa shape index (κ3) is 5.07. The van der Waals surface area contributed by atoms with Gasteiger partial charge in [-0.15, -0.1) is 0 Å². The lowest BCUT2D eigenvalue weighted by molar-refractivity contribution is 0.102. The Morgan fingerprint density at radius 1 is 1.09 bits per heavy atom. The minimum atomic E-state index is -3.40. The number of morpholine rings is 1. The highest BCUT2D eigenvalue weighted by molar-refractivity contribution is 7.90. The Bertz CT molecular complexity index is 1240. The van der Waals surface area contributed by atoms with Gasteiger partial charge in [-0.3, -0.25) is 4.79 Å². The summed E-state index contributed by atoms with van der Waals surface area (Å²) in [5.41, 5.74) is 2.42. The molecule has 1 amide bonds. The van der Waals surface area contributed by atoms with Crippen molar-refractivity contribution in [3.05, 3.63) is 65.3 Å². The molecule has 10 heteroatoms. The first-order valence-corrected chi connectivity index (χ1v) is 12.2. The monoisotopic (exact) mass is 472 g/mol. The molecule has 0 saturated carbocycles. The summed E-state index contributed by atoms with van der Waals surface area (Å²) in [4.78, 5) is 23.7. The second-order valence-electron chi connectivity index (χ2n) is 7.29. The van der Waals surface area contributed by atoms with Crippen LogP contribution in [0.1, 0.15) is 10.4 Å². The van der Waals surface area contributed by atoms with Crippen molar-refractivity contribution >= 4 is 39.0 Å². The number of sulfone groups is 1. The first kappa shape index (κ1) is 22.2. The zero-order valence-electron chi connectivity index (χ0n) is 17.3. The number of carbonyl (C=O) groups is 1. The minimum Gasteiger partial charge on any atom is -0.378 e. The molecule has 0 unspecified atom stereocenters. The lowest BCUT2D eigenvalue weighted by Crippen LogP contribution is -2.37. The Kier molecular flexibility index (Phi) is 6.40.